The molecule has 10 heteroatoms. The van der Waals surface area contributed by atoms with E-state index in [0.717, 1.165) is 42.6 Å². The molecule has 0 aromatic heterocycles. The summed E-state index contributed by atoms with van der Waals surface area (Å²) in [7, 11) is -3.17. The third-order valence-electron chi connectivity index (χ3n) is 14.3. The molecule has 1 N–H and O–H groups in total. The van der Waals surface area contributed by atoms with Crippen molar-refractivity contribution in [1.29, 1.82) is 0 Å². The maximum Gasteiger partial charge on any atom is 0.261 e. The van der Waals surface area contributed by atoms with E-state index in [2.05, 4.69) is 147 Å². The highest BCUT2D eigenvalue weighted by molar-refractivity contribution is 6.99. The summed E-state index contributed by atoms with van der Waals surface area (Å²) in [5.41, 5.74) is 2.10. The van der Waals surface area contributed by atoms with Crippen molar-refractivity contribution < 1.29 is 37.6 Å². The van der Waals surface area contributed by atoms with E-state index in [9.17, 15) is 5.11 Å². The number of benzene rings is 4. The summed E-state index contributed by atoms with van der Waals surface area (Å²) in [4.78, 5) is 0. The van der Waals surface area contributed by atoms with Gasteiger partial charge in [-0.15, -0.1) is 0 Å². The Labute approximate surface area is 399 Å². The second-order valence-corrected chi connectivity index (χ2v) is 30.4. The van der Waals surface area contributed by atoms with Gasteiger partial charge in [0.05, 0.1) is 50.8 Å². The second kappa shape index (κ2) is 23.3. The zero-order valence-electron chi connectivity index (χ0n) is 41.8. The van der Waals surface area contributed by atoms with Crippen LogP contribution in [-0.2, 0) is 34.4 Å². The quantitative estimate of drug-likeness (QED) is 0.0693. The second-order valence-electron chi connectivity index (χ2n) is 21.3. The summed E-state index contributed by atoms with van der Waals surface area (Å²) in [5.74, 6) is 1.18. The van der Waals surface area contributed by atoms with Crippen LogP contribution in [0.1, 0.15) is 105 Å². The Morgan fingerprint density at radius 2 is 1.35 bits per heavy atom. The summed E-state index contributed by atoms with van der Waals surface area (Å²) < 4.78 is 46.4. The molecule has 6 rings (SSSR count). The van der Waals surface area contributed by atoms with Gasteiger partial charge >= 0.3 is 0 Å². The molecular formula is C56H80O8Si2. The molecule has 0 amide bonds. The largest absolute Gasteiger partial charge is 0.497 e. The van der Waals surface area contributed by atoms with Gasteiger partial charge in [0, 0.05) is 18.6 Å². The van der Waals surface area contributed by atoms with Gasteiger partial charge in [-0.05, 0) is 88.8 Å². The third-order valence-corrected chi connectivity index (χ3v) is 23.9. The molecule has 66 heavy (non-hydrogen) atoms. The smallest absolute Gasteiger partial charge is 0.261 e. The number of rotatable bonds is 20. The van der Waals surface area contributed by atoms with Crippen molar-refractivity contribution in [2.45, 2.75) is 160 Å². The van der Waals surface area contributed by atoms with Gasteiger partial charge in [0.15, 0.2) is 14.6 Å². The lowest BCUT2D eigenvalue weighted by molar-refractivity contribution is -0.271. The van der Waals surface area contributed by atoms with Gasteiger partial charge in [0.2, 0.25) is 0 Å². The minimum Gasteiger partial charge on any atom is -0.497 e. The molecule has 0 aliphatic carbocycles. The van der Waals surface area contributed by atoms with E-state index in [0.29, 0.717) is 26.2 Å². The molecule has 9 atom stereocenters. The monoisotopic (exact) mass is 937 g/mol. The summed E-state index contributed by atoms with van der Waals surface area (Å²) in [6, 6.07) is 39.9. The molecule has 2 heterocycles. The molecule has 0 saturated carbocycles. The summed E-state index contributed by atoms with van der Waals surface area (Å²) in [6.07, 6.45) is 5.60. The van der Waals surface area contributed by atoms with Crippen LogP contribution in [-0.4, -0.2) is 78.7 Å². The minimum absolute atomic E-state index is 0.0278. The van der Waals surface area contributed by atoms with Gasteiger partial charge in [-0.3, -0.25) is 0 Å². The molecule has 0 bridgehead atoms. The number of hydrogen-bond donors (Lipinski definition) is 1. The van der Waals surface area contributed by atoms with Crippen LogP contribution in [0.25, 0.3) is 0 Å². The molecule has 4 aromatic rings. The van der Waals surface area contributed by atoms with Crippen LogP contribution in [0.5, 0.6) is 5.75 Å². The van der Waals surface area contributed by atoms with Crippen LogP contribution in [0.3, 0.4) is 0 Å². The summed E-state index contributed by atoms with van der Waals surface area (Å²) in [5, 5.41) is 14.2. The van der Waals surface area contributed by atoms with Crippen LogP contribution < -0.4 is 15.1 Å². The predicted octanol–water partition coefficient (Wildman–Crippen LogP) is 11.6. The average molecular weight is 937 g/mol. The Balaban J connectivity index is 1.15. The maximum atomic E-state index is 11.7. The van der Waals surface area contributed by atoms with Crippen molar-refractivity contribution in [1.82, 2.24) is 0 Å². The Morgan fingerprint density at radius 3 is 1.92 bits per heavy atom. The zero-order valence-corrected chi connectivity index (χ0v) is 43.8. The lowest BCUT2D eigenvalue weighted by Gasteiger charge is -2.43. The Bertz CT molecular complexity index is 2010. The van der Waals surface area contributed by atoms with Crippen molar-refractivity contribution in [2.24, 2.45) is 11.8 Å². The highest BCUT2D eigenvalue weighted by atomic mass is 28.4. The first kappa shape index (κ1) is 52.0. The lowest BCUT2D eigenvalue weighted by Crippen LogP contribution is -2.66. The first-order valence-electron chi connectivity index (χ1n) is 24.4. The first-order valence-corrected chi connectivity index (χ1v) is 29.2. The molecular weight excluding hydrogens is 857 g/mol. The SMILES string of the molecule is COc1ccc(CO[C@@H]([C@H](C)C/C=C\[C@@H](O)C[C@H]2O[C@H]3CO[C@H](c4ccccc4)O[C@@H]3CC[C@@H]2O[Si](C)(C)C(C)(C)C)[C@@H](C)CCO[Si](c2ccccc2)(c2ccccc2)C(C)(C)C)cc1. The van der Waals surface area contributed by atoms with Gasteiger partial charge in [-0.1, -0.05) is 171 Å². The molecule has 0 spiro atoms. The van der Waals surface area contributed by atoms with Gasteiger partial charge in [-0.25, -0.2) is 0 Å². The third kappa shape index (κ3) is 13.2. The van der Waals surface area contributed by atoms with E-state index in [-0.39, 0.29) is 52.4 Å². The number of ether oxygens (including phenoxy) is 5. The Kier molecular flexibility index (Phi) is 18.3. The molecule has 360 valence electrons. The molecule has 4 aromatic carbocycles. The number of aliphatic hydroxyl groups excluding tert-OH is 1. The topological polar surface area (TPSA) is 84.8 Å². The molecule has 2 saturated heterocycles. The van der Waals surface area contributed by atoms with E-state index >= 15 is 0 Å². The average Bonchev–Trinajstić information content (AvgIpc) is 3.45. The van der Waals surface area contributed by atoms with Crippen LogP contribution in [0.2, 0.25) is 23.2 Å². The Hall–Kier alpha value is -3.43. The van der Waals surface area contributed by atoms with Gasteiger partial charge in [0.25, 0.3) is 8.32 Å². The fourth-order valence-electron chi connectivity index (χ4n) is 9.49. The normalized spacial score (nSPS) is 22.8. The summed E-state index contributed by atoms with van der Waals surface area (Å²) in [6.45, 7) is 24.4. The van der Waals surface area contributed by atoms with Gasteiger partial charge in [0.1, 0.15) is 11.9 Å². The number of aliphatic hydroxyl groups is 1. The molecule has 8 nitrogen and oxygen atoms in total. The van der Waals surface area contributed by atoms with Crippen molar-refractivity contribution in [3.05, 3.63) is 139 Å². The van der Waals surface area contributed by atoms with E-state index < -0.39 is 29.0 Å². The number of methoxy groups -OCH3 is 1. The van der Waals surface area contributed by atoms with Crippen molar-refractivity contribution in [3.8, 4) is 5.75 Å². The van der Waals surface area contributed by atoms with Crippen molar-refractivity contribution in [2.75, 3.05) is 20.3 Å². The van der Waals surface area contributed by atoms with E-state index in [1.165, 1.54) is 10.4 Å². The maximum absolute atomic E-state index is 11.7. The number of allylic oxidation sites excluding steroid dienone is 1. The van der Waals surface area contributed by atoms with E-state index in [1.54, 1.807) is 7.11 Å². The molecule has 2 fully saturated rings. The zero-order chi connectivity index (χ0) is 47.5. The van der Waals surface area contributed by atoms with Crippen molar-refractivity contribution in [3.63, 3.8) is 0 Å². The van der Waals surface area contributed by atoms with Crippen LogP contribution in [0.15, 0.2) is 127 Å². The fourth-order valence-corrected chi connectivity index (χ4v) is 15.5. The molecule has 2 aliphatic rings. The molecule has 0 unspecified atom stereocenters. The fraction of sp³-hybridized carbons (Fsp3) is 0.536. The van der Waals surface area contributed by atoms with Crippen molar-refractivity contribution >= 4 is 27.0 Å². The van der Waals surface area contributed by atoms with E-state index in [1.807, 2.05) is 48.5 Å². The first-order chi connectivity index (χ1) is 31.4. The van der Waals surface area contributed by atoms with Crippen LogP contribution in [0.4, 0.5) is 0 Å². The van der Waals surface area contributed by atoms with Gasteiger partial charge in [-0.2, -0.15) is 0 Å². The summed E-state index contributed by atoms with van der Waals surface area (Å²) >= 11 is 0. The highest BCUT2D eigenvalue weighted by Gasteiger charge is 2.50. The lowest BCUT2D eigenvalue weighted by atomic mass is 9.88. The number of fused-ring (bicyclic) bond motifs is 1. The van der Waals surface area contributed by atoms with Crippen LogP contribution in [0, 0.1) is 11.8 Å². The number of hydrogen-bond acceptors (Lipinski definition) is 8. The minimum atomic E-state index is -2.69. The Morgan fingerprint density at radius 1 is 0.742 bits per heavy atom. The molecule has 0 radical (unpaired) electrons. The predicted molar refractivity (Wildman–Crippen MR) is 272 cm³/mol. The van der Waals surface area contributed by atoms with Gasteiger partial charge < -0.3 is 37.6 Å². The van der Waals surface area contributed by atoms with E-state index in [4.69, 9.17) is 32.5 Å². The standard InChI is InChI=1S/C56H80O8Si2/c1-41(22-21-25-45(57)38-51-50(64-65(10,11)55(3,4)5)35-34-49-52(62-51)40-60-54(63-49)44-23-15-12-16-24-44)53(59-39-43-30-32-46(58-9)33-31-43)42(2)36-37-61-66(56(6,7)8,47-26-17-13-18-27-47)48-28-19-14-20-29-48/h12-21,23-33,41-42,45,49-54,57H,22,34-40H2,1-11H3/b25-21-/t41-,42+,45-,49-,50+,51-,52+,53+,54+/m1/s1. The van der Waals surface area contributed by atoms with Crippen LogP contribution >= 0.6 is 0 Å². The molecule has 2 aliphatic heterocycles. The highest BCUT2D eigenvalue weighted by Crippen LogP contribution is 2.42.